The maximum atomic E-state index is 13.0. The van der Waals surface area contributed by atoms with Crippen molar-refractivity contribution in [1.82, 2.24) is 0 Å². The van der Waals surface area contributed by atoms with Crippen LogP contribution in [0.25, 0.3) is 0 Å². The number of aliphatic hydroxyl groups excluding tert-OH is 1. The lowest BCUT2D eigenvalue weighted by molar-refractivity contribution is -0.119. The lowest BCUT2D eigenvalue weighted by Crippen LogP contribution is -2.21. The van der Waals surface area contributed by atoms with Gasteiger partial charge in [0.15, 0.2) is 5.78 Å². The van der Waals surface area contributed by atoms with Crippen LogP contribution in [0, 0.1) is 11.3 Å². The van der Waals surface area contributed by atoms with E-state index in [4.69, 9.17) is 0 Å². The highest BCUT2D eigenvalue weighted by atomic mass is 19.1. The summed E-state index contributed by atoms with van der Waals surface area (Å²) >= 11 is 0. The van der Waals surface area contributed by atoms with Crippen molar-refractivity contribution in [3.8, 4) is 0 Å². The molecule has 0 aliphatic rings. The number of carbonyl (C=O) groups is 1. The third kappa shape index (κ3) is 4.79. The normalized spacial score (nSPS) is 16.4. The summed E-state index contributed by atoms with van der Waals surface area (Å²) < 4.78 is 13.0. The Morgan fingerprint density at radius 3 is 2.17 bits per heavy atom. The summed E-state index contributed by atoms with van der Waals surface area (Å²) in [7, 11) is 0. The smallest absolute Gasteiger partial charge is 0.162 e. The van der Waals surface area contributed by atoms with Gasteiger partial charge >= 0.3 is 0 Å². The molecule has 18 heavy (non-hydrogen) atoms. The molecule has 0 rings (SSSR count). The van der Waals surface area contributed by atoms with Crippen LogP contribution in [0.3, 0.4) is 0 Å². The van der Waals surface area contributed by atoms with Crippen LogP contribution in [0.15, 0.2) is 11.8 Å². The first-order chi connectivity index (χ1) is 8.30. The second-order valence-electron chi connectivity index (χ2n) is 5.32. The highest BCUT2D eigenvalue weighted by Crippen LogP contribution is 2.33. The summed E-state index contributed by atoms with van der Waals surface area (Å²) in [4.78, 5) is 12.0. The first-order valence-corrected chi connectivity index (χ1v) is 6.89. The van der Waals surface area contributed by atoms with Gasteiger partial charge in [-0.25, -0.2) is 4.39 Å². The number of halogens is 1. The largest absolute Gasteiger partial charge is 0.512 e. The molecule has 2 nitrogen and oxygen atoms in total. The van der Waals surface area contributed by atoms with Gasteiger partial charge in [-0.2, -0.15) is 0 Å². The average molecular weight is 258 g/mol. The van der Waals surface area contributed by atoms with Crippen molar-refractivity contribution in [2.24, 2.45) is 11.3 Å². The van der Waals surface area contributed by atoms with Crippen molar-refractivity contribution in [2.75, 3.05) is 0 Å². The molecule has 0 aromatic heterocycles. The molecule has 0 spiro atoms. The minimum Gasteiger partial charge on any atom is -0.512 e. The fourth-order valence-electron chi connectivity index (χ4n) is 1.92. The van der Waals surface area contributed by atoms with Crippen molar-refractivity contribution >= 4 is 5.78 Å². The van der Waals surface area contributed by atoms with E-state index in [-0.39, 0.29) is 29.3 Å². The SMILES string of the molecule is CCC(CC(C)F)C(=O)/C=C(\O)C(C)(CC)CC. The molecule has 3 heteroatoms. The molecule has 0 radical (unpaired) electrons. The van der Waals surface area contributed by atoms with Crippen molar-refractivity contribution < 1.29 is 14.3 Å². The Balaban J connectivity index is 4.88. The number of ketones is 1. The van der Waals surface area contributed by atoms with Crippen LogP contribution in [-0.4, -0.2) is 17.1 Å². The van der Waals surface area contributed by atoms with Gasteiger partial charge in [0.2, 0.25) is 0 Å². The van der Waals surface area contributed by atoms with Gasteiger partial charge in [0.25, 0.3) is 0 Å². The molecule has 0 heterocycles. The molecule has 0 aliphatic carbocycles. The van der Waals surface area contributed by atoms with Gasteiger partial charge in [0, 0.05) is 17.4 Å². The monoisotopic (exact) mass is 258 g/mol. The summed E-state index contributed by atoms with van der Waals surface area (Å²) in [5, 5.41) is 10.1. The molecular formula is C15H27FO2. The number of hydrogen-bond acceptors (Lipinski definition) is 2. The second-order valence-corrected chi connectivity index (χ2v) is 5.32. The van der Waals surface area contributed by atoms with Crippen LogP contribution in [-0.2, 0) is 4.79 Å². The maximum absolute atomic E-state index is 13.0. The van der Waals surface area contributed by atoms with Crippen LogP contribution < -0.4 is 0 Å². The highest BCUT2D eigenvalue weighted by Gasteiger charge is 2.27. The Labute approximate surface area is 110 Å². The minimum atomic E-state index is -0.988. The molecule has 1 N–H and O–H groups in total. The van der Waals surface area contributed by atoms with E-state index < -0.39 is 6.17 Å². The van der Waals surface area contributed by atoms with Crippen molar-refractivity contribution in [3.63, 3.8) is 0 Å². The molecule has 0 aromatic rings. The molecule has 0 aliphatic heterocycles. The fraction of sp³-hybridized carbons (Fsp3) is 0.800. The van der Waals surface area contributed by atoms with Crippen LogP contribution in [0.2, 0.25) is 0 Å². The van der Waals surface area contributed by atoms with Crippen molar-refractivity contribution in [2.45, 2.75) is 66.5 Å². The van der Waals surface area contributed by atoms with Gasteiger partial charge in [-0.15, -0.1) is 0 Å². The van der Waals surface area contributed by atoms with E-state index in [2.05, 4.69) is 0 Å². The third-order valence-electron chi connectivity index (χ3n) is 3.96. The lowest BCUT2D eigenvalue weighted by Gasteiger charge is -2.26. The maximum Gasteiger partial charge on any atom is 0.162 e. The first kappa shape index (κ1) is 17.1. The van der Waals surface area contributed by atoms with E-state index in [1.165, 1.54) is 13.0 Å². The number of aliphatic hydroxyl groups is 1. The van der Waals surface area contributed by atoms with E-state index in [9.17, 15) is 14.3 Å². The molecule has 106 valence electrons. The average Bonchev–Trinajstić information content (AvgIpc) is 2.34. The predicted molar refractivity (Wildman–Crippen MR) is 73.4 cm³/mol. The Morgan fingerprint density at radius 2 is 1.83 bits per heavy atom. The molecule has 2 unspecified atom stereocenters. The number of allylic oxidation sites excluding steroid dienone is 2. The quantitative estimate of drug-likeness (QED) is 0.510. The number of hydrogen-bond donors (Lipinski definition) is 1. The van der Waals surface area contributed by atoms with Crippen LogP contribution in [0.5, 0.6) is 0 Å². The van der Waals surface area contributed by atoms with E-state index in [0.29, 0.717) is 6.42 Å². The van der Waals surface area contributed by atoms with E-state index >= 15 is 0 Å². The fourth-order valence-corrected chi connectivity index (χ4v) is 1.92. The number of rotatable bonds is 8. The van der Waals surface area contributed by atoms with Gasteiger partial charge < -0.3 is 5.11 Å². The minimum absolute atomic E-state index is 0.127. The van der Waals surface area contributed by atoms with E-state index in [1.807, 2.05) is 27.7 Å². The van der Waals surface area contributed by atoms with E-state index in [0.717, 1.165) is 12.8 Å². The molecule has 0 saturated carbocycles. The Morgan fingerprint density at radius 1 is 1.33 bits per heavy atom. The van der Waals surface area contributed by atoms with Crippen molar-refractivity contribution in [1.29, 1.82) is 0 Å². The summed E-state index contributed by atoms with van der Waals surface area (Å²) in [6, 6.07) is 0. The third-order valence-corrected chi connectivity index (χ3v) is 3.96. The summed E-state index contributed by atoms with van der Waals surface area (Å²) in [5.74, 6) is -0.361. The molecule has 0 amide bonds. The van der Waals surface area contributed by atoms with Gasteiger partial charge in [0.1, 0.15) is 5.76 Å². The van der Waals surface area contributed by atoms with Crippen molar-refractivity contribution in [3.05, 3.63) is 11.8 Å². The molecule has 2 atom stereocenters. The number of carbonyl (C=O) groups excluding carboxylic acids is 1. The first-order valence-electron chi connectivity index (χ1n) is 6.89. The number of alkyl halides is 1. The van der Waals surface area contributed by atoms with Crippen LogP contribution in [0.4, 0.5) is 4.39 Å². The zero-order chi connectivity index (χ0) is 14.3. The Kier molecular flexibility index (Phi) is 7.19. The molecular weight excluding hydrogens is 231 g/mol. The Bertz CT molecular complexity index is 291. The second kappa shape index (κ2) is 7.55. The standard InChI is InChI=1S/C15H27FO2/c1-6-12(9-11(4)16)13(17)10-14(18)15(5,7-2)8-3/h10-12,18H,6-9H2,1-5H3/b14-10-. The van der Waals surface area contributed by atoms with Gasteiger partial charge in [-0.1, -0.05) is 27.7 Å². The topological polar surface area (TPSA) is 37.3 Å². The molecule has 0 fully saturated rings. The van der Waals surface area contributed by atoms with E-state index in [1.54, 1.807) is 0 Å². The van der Waals surface area contributed by atoms with Gasteiger partial charge in [-0.05, 0) is 32.6 Å². The predicted octanol–water partition coefficient (Wildman–Crippen LogP) is 4.60. The summed E-state index contributed by atoms with van der Waals surface area (Å²) in [6.07, 6.45) is 2.70. The van der Waals surface area contributed by atoms with Crippen LogP contribution >= 0.6 is 0 Å². The zero-order valence-corrected chi connectivity index (χ0v) is 12.3. The molecule has 0 aromatic carbocycles. The highest BCUT2D eigenvalue weighted by molar-refractivity contribution is 5.92. The summed E-state index contributed by atoms with van der Waals surface area (Å²) in [6.45, 7) is 9.24. The molecule has 0 bridgehead atoms. The van der Waals surface area contributed by atoms with Gasteiger partial charge in [-0.3, -0.25) is 4.79 Å². The zero-order valence-electron chi connectivity index (χ0n) is 12.3. The van der Waals surface area contributed by atoms with Gasteiger partial charge in [0.05, 0.1) is 6.17 Å². The Hall–Kier alpha value is -0.860. The molecule has 0 saturated heterocycles. The van der Waals surface area contributed by atoms with Crippen LogP contribution in [0.1, 0.15) is 60.3 Å². The lowest BCUT2D eigenvalue weighted by atomic mass is 9.81. The summed E-state index contributed by atoms with van der Waals surface area (Å²) in [5.41, 5.74) is -0.352.